The Balaban J connectivity index is 2.16. The van der Waals surface area contributed by atoms with Crippen LogP contribution >= 0.6 is 11.3 Å². The maximum Gasteiger partial charge on any atom is 0.126 e. The Labute approximate surface area is 117 Å². The van der Waals surface area contributed by atoms with E-state index in [0.29, 0.717) is 12.1 Å². The zero-order valence-corrected chi connectivity index (χ0v) is 12.1. The lowest BCUT2D eigenvalue weighted by molar-refractivity contribution is 0.241. The lowest BCUT2D eigenvalue weighted by Crippen LogP contribution is -2.30. The van der Waals surface area contributed by atoms with Crippen LogP contribution in [0.3, 0.4) is 0 Å². The monoisotopic (exact) mass is 278 g/mol. The molecular weight excluding hydrogens is 259 g/mol. The van der Waals surface area contributed by atoms with Gasteiger partial charge in [-0.15, -0.1) is 0 Å². The van der Waals surface area contributed by atoms with Gasteiger partial charge >= 0.3 is 0 Å². The summed E-state index contributed by atoms with van der Waals surface area (Å²) in [6, 6.07) is 7.50. The second-order valence-electron chi connectivity index (χ2n) is 4.81. The van der Waals surface area contributed by atoms with Crippen molar-refractivity contribution in [3.63, 3.8) is 0 Å². The summed E-state index contributed by atoms with van der Waals surface area (Å²) >= 11 is 1.68. The molecule has 0 saturated heterocycles. The van der Waals surface area contributed by atoms with Gasteiger partial charge in [0.25, 0.3) is 0 Å². The van der Waals surface area contributed by atoms with Crippen LogP contribution in [0.15, 0.2) is 35.0 Å². The average molecular weight is 278 g/mol. The van der Waals surface area contributed by atoms with Gasteiger partial charge in [-0.2, -0.15) is 11.3 Å². The van der Waals surface area contributed by atoms with Crippen molar-refractivity contribution < 1.29 is 4.39 Å². The molecule has 0 fully saturated rings. The summed E-state index contributed by atoms with van der Waals surface area (Å²) < 4.78 is 13.7. The molecule has 4 heteroatoms. The minimum absolute atomic E-state index is 0.0370. The summed E-state index contributed by atoms with van der Waals surface area (Å²) in [6.07, 6.45) is 0. The molecule has 0 saturated carbocycles. The fourth-order valence-corrected chi connectivity index (χ4v) is 2.83. The predicted molar refractivity (Wildman–Crippen MR) is 78.7 cm³/mol. The first-order chi connectivity index (χ1) is 9.11. The average Bonchev–Trinajstić information content (AvgIpc) is 2.87. The van der Waals surface area contributed by atoms with Crippen LogP contribution < -0.4 is 5.73 Å². The maximum atomic E-state index is 13.7. The highest BCUT2D eigenvalue weighted by molar-refractivity contribution is 7.07. The SMILES string of the molecule is Cc1ccc(C(CN)N(C)Cc2ccsc2)cc1F. The van der Waals surface area contributed by atoms with Crippen molar-refractivity contribution in [1.82, 2.24) is 4.90 Å². The van der Waals surface area contributed by atoms with Crippen LogP contribution in [-0.4, -0.2) is 18.5 Å². The number of nitrogens with two attached hydrogens (primary N) is 1. The molecule has 2 aromatic rings. The summed E-state index contributed by atoms with van der Waals surface area (Å²) in [5, 5.41) is 4.19. The van der Waals surface area contributed by atoms with E-state index < -0.39 is 0 Å². The normalized spacial score (nSPS) is 12.9. The minimum Gasteiger partial charge on any atom is -0.329 e. The van der Waals surface area contributed by atoms with Crippen molar-refractivity contribution in [3.05, 3.63) is 57.5 Å². The van der Waals surface area contributed by atoms with Crippen molar-refractivity contribution in [1.29, 1.82) is 0 Å². The van der Waals surface area contributed by atoms with Gasteiger partial charge in [-0.05, 0) is 53.6 Å². The molecule has 0 bridgehead atoms. The molecule has 2 nitrogen and oxygen atoms in total. The van der Waals surface area contributed by atoms with Gasteiger partial charge in [0.2, 0.25) is 0 Å². The molecule has 0 amide bonds. The van der Waals surface area contributed by atoms with Crippen LogP contribution in [0.1, 0.15) is 22.7 Å². The third-order valence-electron chi connectivity index (χ3n) is 3.35. The van der Waals surface area contributed by atoms with Crippen LogP contribution in [0, 0.1) is 12.7 Å². The number of hydrogen-bond donors (Lipinski definition) is 1. The second-order valence-corrected chi connectivity index (χ2v) is 5.59. The number of aryl methyl sites for hydroxylation is 1. The zero-order valence-electron chi connectivity index (χ0n) is 11.3. The highest BCUT2D eigenvalue weighted by Crippen LogP contribution is 2.22. The van der Waals surface area contributed by atoms with E-state index in [2.05, 4.69) is 21.7 Å². The summed E-state index contributed by atoms with van der Waals surface area (Å²) in [5.41, 5.74) is 8.72. The summed E-state index contributed by atoms with van der Waals surface area (Å²) in [6.45, 7) is 3.07. The number of benzene rings is 1. The van der Waals surface area contributed by atoms with E-state index in [4.69, 9.17) is 5.73 Å². The summed E-state index contributed by atoms with van der Waals surface area (Å²) in [4.78, 5) is 2.16. The maximum absolute atomic E-state index is 13.7. The molecule has 1 unspecified atom stereocenters. The standard InChI is InChI=1S/C15H19FN2S/c1-11-3-4-13(7-14(11)16)15(8-17)18(2)9-12-5-6-19-10-12/h3-7,10,15H,8-9,17H2,1-2H3. The zero-order chi connectivity index (χ0) is 13.8. The number of nitrogens with zero attached hydrogens (tertiary/aromatic N) is 1. The predicted octanol–water partition coefficient (Wildman–Crippen LogP) is 3.33. The molecule has 1 atom stereocenters. The minimum atomic E-state index is -0.167. The van der Waals surface area contributed by atoms with E-state index in [0.717, 1.165) is 12.1 Å². The van der Waals surface area contributed by atoms with E-state index in [1.54, 1.807) is 24.3 Å². The molecule has 1 heterocycles. The Morgan fingerprint density at radius 3 is 2.74 bits per heavy atom. The van der Waals surface area contributed by atoms with E-state index in [1.807, 2.05) is 19.2 Å². The quantitative estimate of drug-likeness (QED) is 0.909. The Morgan fingerprint density at radius 1 is 1.37 bits per heavy atom. The Kier molecular flexibility index (Phi) is 4.69. The van der Waals surface area contributed by atoms with Crippen LogP contribution in [0.4, 0.5) is 4.39 Å². The van der Waals surface area contributed by atoms with Crippen molar-refractivity contribution in [2.24, 2.45) is 5.73 Å². The van der Waals surface area contributed by atoms with Crippen LogP contribution in [0.25, 0.3) is 0 Å². The first-order valence-electron chi connectivity index (χ1n) is 6.29. The van der Waals surface area contributed by atoms with Crippen molar-refractivity contribution in [2.45, 2.75) is 19.5 Å². The van der Waals surface area contributed by atoms with Crippen molar-refractivity contribution in [3.8, 4) is 0 Å². The Hall–Kier alpha value is -1.23. The third kappa shape index (κ3) is 3.41. The molecule has 0 aliphatic heterocycles. The van der Waals surface area contributed by atoms with Crippen LogP contribution in [0.5, 0.6) is 0 Å². The fraction of sp³-hybridized carbons (Fsp3) is 0.333. The highest BCUT2D eigenvalue weighted by atomic mass is 32.1. The molecule has 1 aromatic carbocycles. The molecule has 102 valence electrons. The van der Waals surface area contributed by atoms with Gasteiger partial charge in [0.15, 0.2) is 0 Å². The molecule has 2 N–H and O–H groups in total. The number of rotatable bonds is 5. The molecule has 19 heavy (non-hydrogen) atoms. The molecule has 2 rings (SSSR count). The fourth-order valence-electron chi connectivity index (χ4n) is 2.17. The summed E-state index contributed by atoms with van der Waals surface area (Å²) in [5.74, 6) is -0.167. The molecule has 0 aliphatic carbocycles. The first kappa shape index (κ1) is 14.2. The smallest absolute Gasteiger partial charge is 0.126 e. The molecular formula is C15H19FN2S. The molecule has 0 spiro atoms. The van der Waals surface area contributed by atoms with Gasteiger partial charge < -0.3 is 5.73 Å². The summed E-state index contributed by atoms with van der Waals surface area (Å²) in [7, 11) is 2.02. The Morgan fingerprint density at radius 2 is 2.16 bits per heavy atom. The lowest BCUT2D eigenvalue weighted by Gasteiger charge is -2.27. The van der Waals surface area contributed by atoms with E-state index in [1.165, 1.54) is 5.56 Å². The number of halogens is 1. The van der Waals surface area contributed by atoms with Crippen LogP contribution in [0.2, 0.25) is 0 Å². The topological polar surface area (TPSA) is 29.3 Å². The van der Waals surface area contributed by atoms with Gasteiger partial charge in [-0.1, -0.05) is 12.1 Å². The van der Waals surface area contributed by atoms with Gasteiger partial charge in [0.1, 0.15) is 5.82 Å². The largest absolute Gasteiger partial charge is 0.329 e. The van der Waals surface area contributed by atoms with Crippen molar-refractivity contribution in [2.75, 3.05) is 13.6 Å². The highest BCUT2D eigenvalue weighted by Gasteiger charge is 2.16. The molecule has 0 radical (unpaired) electrons. The van der Waals surface area contributed by atoms with Gasteiger partial charge in [0.05, 0.1) is 0 Å². The Bertz CT molecular complexity index is 525. The molecule has 0 aliphatic rings. The number of hydrogen-bond acceptors (Lipinski definition) is 3. The van der Waals surface area contributed by atoms with Crippen molar-refractivity contribution >= 4 is 11.3 Å². The number of likely N-dealkylation sites (N-methyl/N-ethyl adjacent to an activating group) is 1. The van der Waals surface area contributed by atoms with Gasteiger partial charge in [-0.25, -0.2) is 4.39 Å². The first-order valence-corrected chi connectivity index (χ1v) is 7.23. The van der Waals surface area contributed by atoms with E-state index in [-0.39, 0.29) is 11.9 Å². The second kappa shape index (κ2) is 6.28. The van der Waals surface area contributed by atoms with E-state index in [9.17, 15) is 4.39 Å². The number of thiophene rings is 1. The van der Waals surface area contributed by atoms with Gasteiger partial charge in [0, 0.05) is 19.1 Å². The van der Waals surface area contributed by atoms with Gasteiger partial charge in [-0.3, -0.25) is 4.90 Å². The molecule has 1 aromatic heterocycles. The van der Waals surface area contributed by atoms with E-state index >= 15 is 0 Å². The lowest BCUT2D eigenvalue weighted by atomic mass is 10.0. The third-order valence-corrected chi connectivity index (χ3v) is 4.08. The van der Waals surface area contributed by atoms with Crippen LogP contribution in [-0.2, 0) is 6.54 Å².